The van der Waals surface area contributed by atoms with E-state index in [0.717, 1.165) is 39.4 Å². The number of methoxy groups -OCH3 is 2. The maximum atomic E-state index is 15.1. The fourth-order valence-electron chi connectivity index (χ4n) is 5.54. The second-order valence-electron chi connectivity index (χ2n) is 12.9. The van der Waals surface area contributed by atoms with Crippen LogP contribution in [-0.4, -0.2) is 35.1 Å². The maximum Gasteiger partial charge on any atom is 0.256 e. The molecule has 1 aliphatic heterocycles. The normalized spacial score (nSPS) is 17.3. The lowest BCUT2D eigenvalue weighted by Gasteiger charge is -2.40. The molecule has 5 rings (SSSR count). The van der Waals surface area contributed by atoms with Gasteiger partial charge in [-0.15, -0.1) is 0 Å². The van der Waals surface area contributed by atoms with Crippen molar-refractivity contribution in [3.8, 4) is 11.5 Å². The van der Waals surface area contributed by atoms with Crippen molar-refractivity contribution in [1.82, 2.24) is 5.32 Å². The Morgan fingerprint density at radius 3 is 1.95 bits per heavy atom. The molecule has 1 aliphatic rings. The van der Waals surface area contributed by atoms with Crippen molar-refractivity contribution in [3.63, 3.8) is 0 Å². The molecule has 0 unspecified atom stereocenters. The van der Waals surface area contributed by atoms with Gasteiger partial charge in [0.25, 0.3) is 5.91 Å². The number of benzene rings is 4. The molecule has 1 amide bonds. The summed E-state index contributed by atoms with van der Waals surface area (Å²) in [5.41, 5.74) is 3.57. The van der Waals surface area contributed by atoms with Gasteiger partial charge in [0, 0.05) is 5.56 Å². The second-order valence-corrected chi connectivity index (χ2v) is 17.7. The SMILES string of the molecule is COc1ccc(CN2C(=O)[C@](N[C@@H](CO[Si](C)(C)C(C)(C)C)c3ccccc3)(c3ccc(OC)cc3)c3ccccc32)cc1. The first kappa shape index (κ1) is 31.5. The number of amides is 1. The van der Waals surface area contributed by atoms with Crippen LogP contribution in [0.4, 0.5) is 5.69 Å². The maximum absolute atomic E-state index is 15.1. The lowest BCUT2D eigenvalue weighted by Crippen LogP contribution is -2.54. The molecule has 0 fully saturated rings. The Morgan fingerprint density at radius 2 is 1.36 bits per heavy atom. The minimum absolute atomic E-state index is 0.0343. The lowest BCUT2D eigenvalue weighted by molar-refractivity contribution is -0.123. The van der Waals surface area contributed by atoms with Gasteiger partial charge in [-0.3, -0.25) is 10.1 Å². The second kappa shape index (κ2) is 12.6. The Bertz CT molecular complexity index is 1570. The van der Waals surface area contributed by atoms with Crippen LogP contribution in [0, 0.1) is 0 Å². The first-order valence-corrected chi connectivity index (χ1v) is 18.1. The van der Waals surface area contributed by atoms with Gasteiger partial charge in [-0.25, -0.2) is 0 Å². The average Bonchev–Trinajstić information content (AvgIpc) is 3.26. The molecule has 2 atom stereocenters. The highest BCUT2D eigenvalue weighted by Gasteiger charge is 2.53. The summed E-state index contributed by atoms with van der Waals surface area (Å²) < 4.78 is 17.7. The van der Waals surface area contributed by atoms with Crippen LogP contribution < -0.4 is 19.7 Å². The largest absolute Gasteiger partial charge is 0.497 e. The molecule has 1 N–H and O–H groups in total. The number of fused-ring (bicyclic) bond motifs is 1. The summed E-state index contributed by atoms with van der Waals surface area (Å²) in [4.78, 5) is 17.0. The van der Waals surface area contributed by atoms with Gasteiger partial charge in [0.2, 0.25) is 0 Å². The third kappa shape index (κ3) is 6.05. The number of carbonyl (C=O) groups excluding carboxylic acids is 1. The van der Waals surface area contributed by atoms with E-state index in [0.29, 0.717) is 13.2 Å². The van der Waals surface area contributed by atoms with Crippen molar-refractivity contribution in [2.24, 2.45) is 0 Å². The zero-order valence-corrected chi connectivity index (χ0v) is 27.9. The summed E-state index contributed by atoms with van der Waals surface area (Å²) in [7, 11) is 1.21. The van der Waals surface area contributed by atoms with Crippen molar-refractivity contribution in [2.75, 3.05) is 25.7 Å². The molecule has 230 valence electrons. The number of hydrogen-bond acceptors (Lipinski definition) is 5. The predicted molar refractivity (Wildman–Crippen MR) is 180 cm³/mol. The number of nitrogens with zero attached hydrogens (tertiary/aromatic N) is 1. The molecular weight excluding hydrogens is 565 g/mol. The average molecular weight is 609 g/mol. The first-order valence-electron chi connectivity index (χ1n) is 15.2. The molecule has 0 saturated carbocycles. The van der Waals surface area contributed by atoms with Crippen LogP contribution in [0.5, 0.6) is 11.5 Å². The first-order chi connectivity index (χ1) is 21.0. The Morgan fingerprint density at radius 1 is 0.795 bits per heavy atom. The van der Waals surface area contributed by atoms with E-state index in [1.54, 1.807) is 14.2 Å². The predicted octanol–water partition coefficient (Wildman–Crippen LogP) is 7.85. The van der Waals surface area contributed by atoms with Crippen molar-refractivity contribution in [2.45, 2.75) is 57.0 Å². The van der Waals surface area contributed by atoms with Crippen molar-refractivity contribution < 1.29 is 18.7 Å². The lowest BCUT2D eigenvalue weighted by atomic mass is 9.82. The quantitative estimate of drug-likeness (QED) is 0.176. The van der Waals surface area contributed by atoms with Crippen LogP contribution in [0.2, 0.25) is 18.1 Å². The topological polar surface area (TPSA) is 60.0 Å². The number of nitrogens with one attached hydrogen (secondary N) is 1. The summed E-state index contributed by atoms with van der Waals surface area (Å²) in [6.07, 6.45) is 0. The molecule has 4 aromatic carbocycles. The van der Waals surface area contributed by atoms with Crippen LogP contribution in [-0.2, 0) is 21.3 Å². The molecule has 0 aliphatic carbocycles. The molecule has 1 heterocycles. The monoisotopic (exact) mass is 608 g/mol. The Labute approximate surface area is 263 Å². The Kier molecular flexibility index (Phi) is 9.02. The van der Waals surface area contributed by atoms with Crippen molar-refractivity contribution in [1.29, 1.82) is 0 Å². The molecule has 0 saturated heterocycles. The number of anilines is 1. The summed E-state index contributed by atoms with van der Waals surface area (Å²) >= 11 is 0. The van der Waals surface area contributed by atoms with Gasteiger partial charge in [0.15, 0.2) is 13.9 Å². The van der Waals surface area contributed by atoms with Crippen LogP contribution in [0.1, 0.15) is 49.1 Å². The highest BCUT2D eigenvalue weighted by atomic mass is 28.4. The molecule has 0 spiro atoms. The molecule has 44 heavy (non-hydrogen) atoms. The van der Waals surface area contributed by atoms with Gasteiger partial charge in [0.1, 0.15) is 11.5 Å². The van der Waals surface area contributed by atoms with Crippen molar-refractivity contribution >= 4 is 19.9 Å². The highest BCUT2D eigenvalue weighted by molar-refractivity contribution is 6.74. The third-order valence-electron chi connectivity index (χ3n) is 9.20. The van der Waals surface area contributed by atoms with E-state index >= 15 is 4.79 Å². The minimum atomic E-state index is -2.10. The summed E-state index contributed by atoms with van der Waals surface area (Å²) in [5.74, 6) is 1.48. The van der Waals surface area contributed by atoms with E-state index in [-0.39, 0.29) is 17.0 Å². The number of ether oxygens (including phenoxy) is 2. The van der Waals surface area contributed by atoms with E-state index in [1.807, 2.05) is 89.8 Å². The zero-order chi connectivity index (χ0) is 31.5. The molecule has 6 nitrogen and oxygen atoms in total. The molecule has 0 aromatic heterocycles. The highest BCUT2D eigenvalue weighted by Crippen LogP contribution is 2.47. The fourth-order valence-corrected chi connectivity index (χ4v) is 6.56. The number of carbonyl (C=O) groups is 1. The fraction of sp³-hybridized carbons (Fsp3) is 0.324. The van der Waals surface area contributed by atoms with E-state index in [4.69, 9.17) is 13.9 Å². The van der Waals surface area contributed by atoms with E-state index < -0.39 is 13.9 Å². The van der Waals surface area contributed by atoms with Gasteiger partial charge >= 0.3 is 0 Å². The van der Waals surface area contributed by atoms with Gasteiger partial charge in [-0.1, -0.05) is 93.6 Å². The summed E-state index contributed by atoms with van der Waals surface area (Å²) in [6.45, 7) is 12.1. The number of rotatable bonds is 11. The molecule has 4 aromatic rings. The molecule has 7 heteroatoms. The minimum Gasteiger partial charge on any atom is -0.497 e. The standard InChI is InChI=1S/C37H44N2O4Si/c1-36(2,3)44(6,7)43-26-33(28-13-9-8-10-14-28)38-37(29-19-23-31(42-5)24-20-29)32-15-11-12-16-34(32)39(35(37)40)25-27-17-21-30(41-4)22-18-27/h8-24,33,38H,25-26H2,1-7H3/t33-,37-/m0/s1. The van der Waals surface area contributed by atoms with Gasteiger partial charge in [-0.2, -0.15) is 0 Å². The molecular formula is C37H44N2O4Si. The Balaban J connectivity index is 1.63. The smallest absolute Gasteiger partial charge is 0.256 e. The zero-order valence-electron chi connectivity index (χ0n) is 26.9. The van der Waals surface area contributed by atoms with E-state index in [1.165, 1.54) is 0 Å². The van der Waals surface area contributed by atoms with Crippen molar-refractivity contribution in [3.05, 3.63) is 125 Å². The van der Waals surface area contributed by atoms with Crippen LogP contribution in [0.15, 0.2) is 103 Å². The summed E-state index contributed by atoms with van der Waals surface area (Å²) in [5, 5.41) is 3.96. The van der Waals surface area contributed by atoms with Gasteiger partial charge < -0.3 is 18.8 Å². The molecule has 0 bridgehead atoms. The van der Waals surface area contributed by atoms with E-state index in [9.17, 15) is 0 Å². The van der Waals surface area contributed by atoms with E-state index in [2.05, 4.69) is 57.4 Å². The van der Waals surface area contributed by atoms with Crippen LogP contribution in [0.3, 0.4) is 0 Å². The molecule has 0 radical (unpaired) electrons. The summed E-state index contributed by atoms with van der Waals surface area (Å²) in [6, 6.07) is 33.9. The number of para-hydroxylation sites is 1. The van der Waals surface area contributed by atoms with Crippen LogP contribution >= 0.6 is 0 Å². The Hall–Kier alpha value is -3.91. The van der Waals surface area contributed by atoms with Crippen LogP contribution in [0.25, 0.3) is 0 Å². The van der Waals surface area contributed by atoms with Gasteiger partial charge in [-0.05, 0) is 65.2 Å². The third-order valence-corrected chi connectivity index (χ3v) is 13.7. The number of hydrogen-bond donors (Lipinski definition) is 1. The van der Waals surface area contributed by atoms with Gasteiger partial charge in [0.05, 0.1) is 39.1 Å².